The van der Waals surface area contributed by atoms with E-state index in [9.17, 15) is 13.2 Å². The molecule has 1 amide bonds. The SMILES string of the molecule is CC(C)NC(=O)c1nnc(-c2ccc(S(=O)(=O)N3CCOCC3)cc2)o1. The standard InChI is InChI=1S/C16H20N4O5S/c1-11(2)17-14(21)16-19-18-15(25-16)12-3-5-13(6-4-12)26(22,23)20-7-9-24-10-8-20/h3-6,11H,7-10H2,1-2H3,(H,17,21). The summed E-state index contributed by atoms with van der Waals surface area (Å²) in [6, 6.07) is 6.06. The fraction of sp³-hybridized carbons (Fsp3) is 0.438. The molecule has 0 spiro atoms. The maximum Gasteiger partial charge on any atom is 0.309 e. The van der Waals surface area contributed by atoms with Crippen LogP contribution in [0, 0.1) is 0 Å². The van der Waals surface area contributed by atoms with Crippen LogP contribution in [0.2, 0.25) is 0 Å². The number of amides is 1. The normalized spacial score (nSPS) is 16.0. The van der Waals surface area contributed by atoms with E-state index in [2.05, 4.69) is 15.5 Å². The first kappa shape index (κ1) is 18.5. The number of carbonyl (C=O) groups excluding carboxylic acids is 1. The highest BCUT2D eigenvalue weighted by molar-refractivity contribution is 7.89. The van der Waals surface area contributed by atoms with Gasteiger partial charge in [-0.2, -0.15) is 4.31 Å². The van der Waals surface area contributed by atoms with Crippen molar-refractivity contribution in [2.45, 2.75) is 24.8 Å². The highest BCUT2D eigenvalue weighted by Crippen LogP contribution is 2.22. The average Bonchev–Trinajstić information content (AvgIpc) is 3.12. The molecule has 3 rings (SSSR count). The first-order chi connectivity index (χ1) is 12.4. The number of sulfonamides is 1. The summed E-state index contributed by atoms with van der Waals surface area (Å²) >= 11 is 0. The molecule has 1 aromatic heterocycles. The molecular weight excluding hydrogens is 360 g/mol. The Morgan fingerprint density at radius 2 is 1.81 bits per heavy atom. The van der Waals surface area contributed by atoms with Gasteiger partial charge in [0, 0.05) is 24.7 Å². The van der Waals surface area contributed by atoms with Gasteiger partial charge < -0.3 is 14.5 Å². The molecule has 2 heterocycles. The van der Waals surface area contributed by atoms with Crippen LogP contribution in [0.25, 0.3) is 11.5 Å². The van der Waals surface area contributed by atoms with Gasteiger partial charge in [0.15, 0.2) is 0 Å². The number of hydrogen-bond acceptors (Lipinski definition) is 7. The van der Waals surface area contributed by atoms with E-state index in [1.807, 2.05) is 13.8 Å². The molecular formula is C16H20N4O5S. The molecule has 1 saturated heterocycles. The number of rotatable bonds is 5. The van der Waals surface area contributed by atoms with Crippen molar-refractivity contribution in [3.63, 3.8) is 0 Å². The van der Waals surface area contributed by atoms with Gasteiger partial charge in [-0.1, -0.05) is 0 Å². The quantitative estimate of drug-likeness (QED) is 0.819. The molecule has 140 valence electrons. The minimum atomic E-state index is -3.56. The lowest BCUT2D eigenvalue weighted by atomic mass is 10.2. The van der Waals surface area contributed by atoms with Gasteiger partial charge in [-0.05, 0) is 38.1 Å². The van der Waals surface area contributed by atoms with Crippen LogP contribution in [0.1, 0.15) is 24.5 Å². The summed E-state index contributed by atoms with van der Waals surface area (Å²) in [4.78, 5) is 12.0. The van der Waals surface area contributed by atoms with Crippen LogP contribution in [-0.4, -0.2) is 61.2 Å². The number of hydrogen-bond donors (Lipinski definition) is 1. The molecule has 1 aromatic carbocycles. The zero-order chi connectivity index (χ0) is 18.7. The van der Waals surface area contributed by atoms with E-state index in [0.29, 0.717) is 31.9 Å². The number of carbonyl (C=O) groups is 1. The van der Waals surface area contributed by atoms with E-state index in [-0.39, 0.29) is 22.7 Å². The number of nitrogens with one attached hydrogen (secondary N) is 1. The van der Waals surface area contributed by atoms with Crippen LogP contribution in [0.3, 0.4) is 0 Å². The topological polar surface area (TPSA) is 115 Å². The number of ether oxygens (including phenoxy) is 1. The maximum atomic E-state index is 12.6. The Labute approximate surface area is 151 Å². The monoisotopic (exact) mass is 380 g/mol. The van der Waals surface area contributed by atoms with Crippen LogP contribution in [0.4, 0.5) is 0 Å². The van der Waals surface area contributed by atoms with E-state index < -0.39 is 15.9 Å². The lowest BCUT2D eigenvalue weighted by Crippen LogP contribution is -2.40. The van der Waals surface area contributed by atoms with Crippen molar-refractivity contribution in [2.24, 2.45) is 0 Å². The zero-order valence-corrected chi connectivity index (χ0v) is 15.3. The molecule has 0 atom stereocenters. The third-order valence-corrected chi connectivity index (χ3v) is 5.66. The third kappa shape index (κ3) is 3.92. The Hall–Kier alpha value is -2.30. The largest absolute Gasteiger partial charge is 0.412 e. The minimum Gasteiger partial charge on any atom is -0.412 e. The van der Waals surface area contributed by atoms with E-state index in [0.717, 1.165) is 0 Å². The Morgan fingerprint density at radius 3 is 2.42 bits per heavy atom. The maximum absolute atomic E-state index is 12.6. The number of nitrogens with zero attached hydrogens (tertiary/aromatic N) is 3. The van der Waals surface area contributed by atoms with Crippen molar-refractivity contribution >= 4 is 15.9 Å². The van der Waals surface area contributed by atoms with Crippen molar-refractivity contribution in [2.75, 3.05) is 26.3 Å². The van der Waals surface area contributed by atoms with E-state index in [4.69, 9.17) is 9.15 Å². The molecule has 10 heteroatoms. The molecule has 1 aliphatic rings. The molecule has 1 aliphatic heterocycles. The van der Waals surface area contributed by atoms with Crippen LogP contribution in [-0.2, 0) is 14.8 Å². The summed E-state index contributed by atoms with van der Waals surface area (Å²) in [5.74, 6) is -0.446. The molecule has 0 saturated carbocycles. The van der Waals surface area contributed by atoms with Gasteiger partial charge in [0.2, 0.25) is 15.9 Å². The highest BCUT2D eigenvalue weighted by atomic mass is 32.2. The lowest BCUT2D eigenvalue weighted by Gasteiger charge is -2.26. The summed E-state index contributed by atoms with van der Waals surface area (Å²) in [5.41, 5.74) is 0.530. The summed E-state index contributed by atoms with van der Waals surface area (Å²) in [5, 5.41) is 10.2. The Morgan fingerprint density at radius 1 is 1.15 bits per heavy atom. The van der Waals surface area contributed by atoms with Gasteiger partial charge in [-0.15, -0.1) is 10.2 Å². The fourth-order valence-corrected chi connectivity index (χ4v) is 3.87. The van der Waals surface area contributed by atoms with Gasteiger partial charge in [0.05, 0.1) is 18.1 Å². The van der Waals surface area contributed by atoms with Crippen LogP contribution >= 0.6 is 0 Å². The summed E-state index contributed by atoms with van der Waals surface area (Å²) < 4.78 is 37.1. The second kappa shape index (κ2) is 7.52. The molecule has 0 unspecified atom stereocenters. The summed E-state index contributed by atoms with van der Waals surface area (Å²) in [6.45, 7) is 5.09. The fourth-order valence-electron chi connectivity index (χ4n) is 2.46. The molecule has 2 aromatic rings. The summed E-state index contributed by atoms with van der Waals surface area (Å²) in [6.07, 6.45) is 0. The first-order valence-corrected chi connectivity index (χ1v) is 9.64. The number of benzene rings is 1. The van der Waals surface area contributed by atoms with Crippen molar-refractivity contribution in [3.8, 4) is 11.5 Å². The van der Waals surface area contributed by atoms with Gasteiger partial charge in [-0.3, -0.25) is 4.79 Å². The number of morpholine rings is 1. The van der Waals surface area contributed by atoms with E-state index >= 15 is 0 Å². The molecule has 0 bridgehead atoms. The molecule has 1 N–H and O–H groups in total. The third-order valence-electron chi connectivity index (χ3n) is 3.75. The average molecular weight is 380 g/mol. The predicted octanol–water partition coefficient (Wildman–Crippen LogP) is 0.896. The molecule has 9 nitrogen and oxygen atoms in total. The van der Waals surface area contributed by atoms with E-state index in [1.165, 1.54) is 16.4 Å². The second-order valence-corrected chi connectivity index (χ2v) is 8.02. The van der Waals surface area contributed by atoms with Crippen molar-refractivity contribution in [1.82, 2.24) is 19.8 Å². The van der Waals surface area contributed by atoms with Gasteiger partial charge in [0.1, 0.15) is 0 Å². The lowest BCUT2D eigenvalue weighted by molar-refractivity contribution is 0.0730. The smallest absolute Gasteiger partial charge is 0.309 e. The van der Waals surface area contributed by atoms with Crippen molar-refractivity contribution in [3.05, 3.63) is 30.2 Å². The van der Waals surface area contributed by atoms with Crippen molar-refractivity contribution in [1.29, 1.82) is 0 Å². The van der Waals surface area contributed by atoms with Gasteiger partial charge in [0.25, 0.3) is 0 Å². The minimum absolute atomic E-state index is 0.0532. The van der Waals surface area contributed by atoms with Crippen LogP contribution < -0.4 is 5.32 Å². The molecule has 26 heavy (non-hydrogen) atoms. The van der Waals surface area contributed by atoms with Crippen LogP contribution in [0.15, 0.2) is 33.6 Å². The summed E-state index contributed by atoms with van der Waals surface area (Å²) in [7, 11) is -3.56. The molecule has 1 fully saturated rings. The molecule has 0 aliphatic carbocycles. The zero-order valence-electron chi connectivity index (χ0n) is 14.5. The van der Waals surface area contributed by atoms with Crippen LogP contribution in [0.5, 0.6) is 0 Å². The van der Waals surface area contributed by atoms with Crippen molar-refractivity contribution < 1.29 is 22.4 Å². The highest BCUT2D eigenvalue weighted by Gasteiger charge is 2.26. The second-order valence-electron chi connectivity index (χ2n) is 6.08. The van der Waals surface area contributed by atoms with E-state index in [1.54, 1.807) is 12.1 Å². The Balaban J connectivity index is 1.77. The Bertz CT molecular complexity index is 870. The molecule has 0 radical (unpaired) electrons. The predicted molar refractivity (Wildman–Crippen MR) is 91.9 cm³/mol. The van der Waals surface area contributed by atoms with Gasteiger partial charge in [-0.25, -0.2) is 8.42 Å². The first-order valence-electron chi connectivity index (χ1n) is 8.20. The number of aromatic nitrogens is 2. The Kier molecular flexibility index (Phi) is 5.35. The van der Waals surface area contributed by atoms with Gasteiger partial charge >= 0.3 is 11.8 Å².